The van der Waals surface area contributed by atoms with E-state index in [0.717, 1.165) is 17.5 Å². The number of anilines is 1. The SMILES string of the molecule is Cc1ccccc1C(=O)N/N=C1\CCCc2oc(C(=O)Nc3ccc(F)cc3)c(C)c21. The molecule has 0 unspecified atom stereocenters. The summed E-state index contributed by atoms with van der Waals surface area (Å²) in [5.74, 6) is -0.211. The van der Waals surface area contributed by atoms with Gasteiger partial charge in [-0.05, 0) is 62.6 Å². The molecule has 0 atom stereocenters. The van der Waals surface area contributed by atoms with Crippen molar-refractivity contribution in [2.24, 2.45) is 5.10 Å². The van der Waals surface area contributed by atoms with Crippen molar-refractivity contribution in [2.75, 3.05) is 5.32 Å². The van der Waals surface area contributed by atoms with Gasteiger partial charge in [0.25, 0.3) is 11.8 Å². The highest BCUT2D eigenvalue weighted by atomic mass is 19.1. The van der Waals surface area contributed by atoms with Crippen molar-refractivity contribution in [1.29, 1.82) is 0 Å². The van der Waals surface area contributed by atoms with Gasteiger partial charge in [0.05, 0.1) is 5.71 Å². The second kappa shape index (κ2) is 8.55. The number of nitrogens with zero attached hydrogens (tertiary/aromatic N) is 1. The van der Waals surface area contributed by atoms with Crippen LogP contribution in [0.25, 0.3) is 0 Å². The molecule has 1 heterocycles. The highest BCUT2D eigenvalue weighted by Gasteiger charge is 2.28. The molecule has 3 aromatic rings. The lowest BCUT2D eigenvalue weighted by atomic mass is 9.93. The van der Waals surface area contributed by atoms with Gasteiger partial charge in [-0.1, -0.05) is 18.2 Å². The molecular formula is C24H22FN3O3. The third-order valence-electron chi connectivity index (χ3n) is 5.32. The smallest absolute Gasteiger partial charge is 0.291 e. The Balaban J connectivity index is 1.57. The van der Waals surface area contributed by atoms with E-state index in [-0.39, 0.29) is 17.5 Å². The number of halogens is 1. The number of nitrogens with one attached hydrogen (secondary N) is 2. The van der Waals surface area contributed by atoms with E-state index in [4.69, 9.17) is 4.42 Å². The van der Waals surface area contributed by atoms with E-state index in [1.807, 2.05) is 19.1 Å². The van der Waals surface area contributed by atoms with Gasteiger partial charge in [0.2, 0.25) is 0 Å². The molecule has 1 aliphatic rings. The van der Waals surface area contributed by atoms with E-state index in [2.05, 4.69) is 15.8 Å². The van der Waals surface area contributed by atoms with Crippen molar-refractivity contribution >= 4 is 23.2 Å². The van der Waals surface area contributed by atoms with E-state index in [1.165, 1.54) is 24.3 Å². The summed E-state index contributed by atoms with van der Waals surface area (Å²) in [4.78, 5) is 25.2. The molecule has 0 radical (unpaired) electrons. The largest absolute Gasteiger partial charge is 0.455 e. The topological polar surface area (TPSA) is 83.7 Å². The number of hydrazone groups is 1. The van der Waals surface area contributed by atoms with Crippen LogP contribution in [0.15, 0.2) is 58.0 Å². The summed E-state index contributed by atoms with van der Waals surface area (Å²) in [5, 5.41) is 7.07. The molecule has 31 heavy (non-hydrogen) atoms. The van der Waals surface area contributed by atoms with Crippen molar-refractivity contribution in [3.63, 3.8) is 0 Å². The average molecular weight is 419 g/mol. The second-order valence-corrected chi connectivity index (χ2v) is 7.48. The Labute approximate surface area is 179 Å². The van der Waals surface area contributed by atoms with Crippen LogP contribution in [0.4, 0.5) is 10.1 Å². The van der Waals surface area contributed by atoms with E-state index >= 15 is 0 Å². The van der Waals surface area contributed by atoms with Crippen LogP contribution in [0.2, 0.25) is 0 Å². The van der Waals surface area contributed by atoms with E-state index in [1.54, 1.807) is 19.1 Å². The highest BCUT2D eigenvalue weighted by Crippen LogP contribution is 2.30. The summed E-state index contributed by atoms with van der Waals surface area (Å²) in [6, 6.07) is 12.8. The van der Waals surface area contributed by atoms with Crippen LogP contribution in [0.5, 0.6) is 0 Å². The third-order valence-corrected chi connectivity index (χ3v) is 5.32. The molecule has 1 aliphatic carbocycles. The molecule has 0 spiro atoms. The molecule has 2 aromatic carbocycles. The lowest BCUT2D eigenvalue weighted by molar-refractivity contribution is 0.0953. The van der Waals surface area contributed by atoms with Gasteiger partial charge >= 0.3 is 0 Å². The van der Waals surface area contributed by atoms with Crippen LogP contribution in [0, 0.1) is 19.7 Å². The van der Waals surface area contributed by atoms with E-state index < -0.39 is 5.91 Å². The van der Waals surface area contributed by atoms with Crippen LogP contribution < -0.4 is 10.7 Å². The first-order valence-electron chi connectivity index (χ1n) is 10.1. The van der Waals surface area contributed by atoms with Gasteiger partial charge in [-0.25, -0.2) is 9.82 Å². The average Bonchev–Trinajstić information content (AvgIpc) is 3.11. The van der Waals surface area contributed by atoms with Crippen LogP contribution in [-0.2, 0) is 6.42 Å². The maximum Gasteiger partial charge on any atom is 0.291 e. The van der Waals surface area contributed by atoms with Gasteiger partial charge in [-0.15, -0.1) is 0 Å². The van der Waals surface area contributed by atoms with Crippen LogP contribution in [-0.4, -0.2) is 17.5 Å². The van der Waals surface area contributed by atoms with Crippen LogP contribution in [0.1, 0.15) is 56.2 Å². The zero-order chi connectivity index (χ0) is 22.0. The van der Waals surface area contributed by atoms with Crippen molar-refractivity contribution in [3.05, 3.63) is 88.1 Å². The third kappa shape index (κ3) is 4.26. The predicted octanol–water partition coefficient (Wildman–Crippen LogP) is 4.76. The Bertz CT molecular complexity index is 1180. The fourth-order valence-electron chi connectivity index (χ4n) is 3.72. The molecule has 0 saturated heterocycles. The van der Waals surface area contributed by atoms with Gasteiger partial charge in [0, 0.05) is 28.8 Å². The van der Waals surface area contributed by atoms with Gasteiger partial charge in [0.15, 0.2) is 5.76 Å². The molecular weight excluding hydrogens is 397 g/mol. The molecule has 1 aromatic heterocycles. The number of amides is 2. The quantitative estimate of drug-likeness (QED) is 0.598. The molecule has 0 aliphatic heterocycles. The number of furan rings is 1. The second-order valence-electron chi connectivity index (χ2n) is 7.48. The lowest BCUT2D eigenvalue weighted by Crippen LogP contribution is -2.22. The van der Waals surface area contributed by atoms with Gasteiger partial charge in [-0.2, -0.15) is 5.10 Å². The van der Waals surface area contributed by atoms with Gasteiger partial charge in [-0.3, -0.25) is 9.59 Å². The molecule has 0 saturated carbocycles. The molecule has 2 N–H and O–H groups in total. The zero-order valence-corrected chi connectivity index (χ0v) is 17.3. The number of benzene rings is 2. The minimum Gasteiger partial charge on any atom is -0.455 e. The number of hydrogen-bond acceptors (Lipinski definition) is 4. The Morgan fingerprint density at radius 1 is 1.00 bits per heavy atom. The minimum atomic E-state index is -0.415. The Kier molecular flexibility index (Phi) is 5.66. The summed E-state index contributed by atoms with van der Waals surface area (Å²) >= 11 is 0. The number of carbonyl (C=O) groups is 2. The molecule has 7 heteroatoms. The number of aryl methyl sites for hydroxylation is 2. The summed E-state index contributed by atoms with van der Waals surface area (Å²) in [7, 11) is 0. The molecule has 0 bridgehead atoms. The van der Waals surface area contributed by atoms with Crippen LogP contribution >= 0.6 is 0 Å². The summed E-state index contributed by atoms with van der Waals surface area (Å²) < 4.78 is 19.0. The van der Waals surface area contributed by atoms with Crippen molar-refractivity contribution in [1.82, 2.24) is 5.43 Å². The van der Waals surface area contributed by atoms with Crippen molar-refractivity contribution < 1.29 is 18.4 Å². The van der Waals surface area contributed by atoms with Crippen molar-refractivity contribution in [2.45, 2.75) is 33.1 Å². The van der Waals surface area contributed by atoms with E-state index in [0.29, 0.717) is 41.1 Å². The summed E-state index contributed by atoms with van der Waals surface area (Å²) in [6.45, 7) is 3.67. The standard InChI is InChI=1S/C24H22FN3O3/c1-14-6-3-4-7-18(14)23(29)28-27-19-8-5-9-20-21(19)15(2)22(31-20)24(30)26-17-12-10-16(25)11-13-17/h3-4,6-7,10-13H,5,8-9H2,1-2H3,(H,26,30)(H,28,29)/b27-19+. The lowest BCUT2D eigenvalue weighted by Gasteiger charge is -2.13. The molecule has 4 rings (SSSR count). The first-order chi connectivity index (χ1) is 14.9. The predicted molar refractivity (Wildman–Crippen MR) is 116 cm³/mol. The number of hydrogen-bond donors (Lipinski definition) is 2. The normalized spacial score (nSPS) is 14.2. The fourth-order valence-corrected chi connectivity index (χ4v) is 3.72. The van der Waals surface area contributed by atoms with Crippen molar-refractivity contribution in [3.8, 4) is 0 Å². The van der Waals surface area contributed by atoms with Gasteiger partial charge < -0.3 is 9.73 Å². The maximum atomic E-state index is 13.1. The minimum absolute atomic E-state index is 0.189. The zero-order valence-electron chi connectivity index (χ0n) is 17.3. The summed E-state index contributed by atoms with van der Waals surface area (Å²) in [5.41, 5.74) is 6.65. The van der Waals surface area contributed by atoms with Crippen LogP contribution in [0.3, 0.4) is 0 Å². The number of carbonyl (C=O) groups excluding carboxylic acids is 2. The first kappa shape index (κ1) is 20.5. The van der Waals surface area contributed by atoms with Gasteiger partial charge in [0.1, 0.15) is 11.6 Å². The summed E-state index contributed by atoms with van der Waals surface area (Å²) in [6.07, 6.45) is 2.16. The number of rotatable bonds is 4. The monoisotopic (exact) mass is 419 g/mol. The Morgan fingerprint density at radius 3 is 2.48 bits per heavy atom. The fraction of sp³-hybridized carbons (Fsp3) is 0.208. The molecule has 2 amide bonds. The molecule has 0 fully saturated rings. The maximum absolute atomic E-state index is 13.1. The Morgan fingerprint density at radius 2 is 1.74 bits per heavy atom. The number of fused-ring (bicyclic) bond motifs is 1. The molecule has 6 nitrogen and oxygen atoms in total. The van der Waals surface area contributed by atoms with E-state index in [9.17, 15) is 14.0 Å². The molecule has 158 valence electrons. The highest BCUT2D eigenvalue weighted by molar-refractivity contribution is 6.09. The Hall–Kier alpha value is -3.74. The first-order valence-corrected chi connectivity index (χ1v) is 10.1.